The van der Waals surface area contributed by atoms with Crippen LogP contribution in [0.25, 0.3) is 10.9 Å². The first kappa shape index (κ1) is 14.3. The first-order chi connectivity index (χ1) is 11.3. The summed E-state index contributed by atoms with van der Waals surface area (Å²) in [5.41, 5.74) is 5.01. The van der Waals surface area contributed by atoms with E-state index in [4.69, 9.17) is 4.74 Å². The molecule has 0 aliphatic carbocycles. The summed E-state index contributed by atoms with van der Waals surface area (Å²) >= 11 is 0. The molecule has 1 aromatic heterocycles. The van der Waals surface area contributed by atoms with E-state index in [2.05, 4.69) is 47.7 Å². The van der Waals surface area contributed by atoms with Crippen molar-refractivity contribution < 1.29 is 4.74 Å². The number of rotatable bonds is 5. The van der Waals surface area contributed by atoms with Crippen LogP contribution in [-0.4, -0.2) is 17.6 Å². The zero-order valence-electron chi connectivity index (χ0n) is 13.4. The number of hydrogen-bond acceptors (Lipinski definition) is 2. The third-order valence-corrected chi connectivity index (χ3v) is 4.72. The van der Waals surface area contributed by atoms with Crippen LogP contribution in [0.1, 0.15) is 23.1 Å². The molecule has 0 radical (unpaired) electrons. The van der Waals surface area contributed by atoms with Crippen LogP contribution in [0.5, 0.6) is 5.75 Å². The summed E-state index contributed by atoms with van der Waals surface area (Å²) in [6.45, 7) is 3.89. The van der Waals surface area contributed by atoms with Crippen molar-refractivity contribution >= 4 is 10.9 Å². The van der Waals surface area contributed by atoms with Gasteiger partial charge in [0.2, 0.25) is 0 Å². The number of aromatic nitrogens is 1. The van der Waals surface area contributed by atoms with Crippen molar-refractivity contribution in [2.75, 3.05) is 6.54 Å². The van der Waals surface area contributed by atoms with Crippen LogP contribution in [0.4, 0.5) is 0 Å². The van der Waals surface area contributed by atoms with Crippen LogP contribution in [0.15, 0.2) is 48.7 Å². The number of ether oxygens (including phenoxy) is 1. The van der Waals surface area contributed by atoms with Crippen LogP contribution in [-0.2, 0) is 13.0 Å². The van der Waals surface area contributed by atoms with E-state index in [1.165, 1.54) is 34.0 Å². The summed E-state index contributed by atoms with van der Waals surface area (Å²) in [6, 6.07) is 15.2. The third kappa shape index (κ3) is 2.84. The zero-order chi connectivity index (χ0) is 15.6. The first-order valence-corrected chi connectivity index (χ1v) is 8.31. The highest BCUT2D eigenvalue weighted by atomic mass is 16.5. The second-order valence-corrected chi connectivity index (χ2v) is 6.36. The Labute approximate surface area is 136 Å². The van der Waals surface area contributed by atoms with Crippen molar-refractivity contribution in [1.82, 2.24) is 10.3 Å². The monoisotopic (exact) mass is 306 g/mol. The first-order valence-electron chi connectivity index (χ1n) is 8.31. The molecule has 0 spiro atoms. The van der Waals surface area contributed by atoms with Gasteiger partial charge in [0.1, 0.15) is 12.4 Å². The standard InChI is InChI=1S/C20H22N2O/c1-14-7-8-18(23-13-15-5-3-2-4-6-15)19-16(12-22-20(14)19)11-17-9-10-21-17/h2-8,12,17,21-22H,9-11,13H2,1H3/t17-/m1/s1. The fraction of sp³-hybridized carbons (Fsp3) is 0.300. The van der Waals surface area contributed by atoms with E-state index >= 15 is 0 Å². The van der Waals surface area contributed by atoms with E-state index in [1.54, 1.807) is 0 Å². The van der Waals surface area contributed by atoms with Crippen LogP contribution in [0.3, 0.4) is 0 Å². The Morgan fingerprint density at radius 3 is 2.70 bits per heavy atom. The molecule has 118 valence electrons. The highest BCUT2D eigenvalue weighted by Crippen LogP contribution is 2.33. The molecule has 3 nitrogen and oxygen atoms in total. The second kappa shape index (κ2) is 6.09. The number of hydrogen-bond donors (Lipinski definition) is 2. The Hall–Kier alpha value is -2.26. The van der Waals surface area contributed by atoms with Crippen LogP contribution in [0.2, 0.25) is 0 Å². The van der Waals surface area contributed by atoms with Gasteiger partial charge in [0.15, 0.2) is 0 Å². The average Bonchev–Trinajstić information content (AvgIpc) is 2.96. The molecule has 1 aliphatic rings. The highest BCUT2D eigenvalue weighted by Gasteiger charge is 2.20. The van der Waals surface area contributed by atoms with Gasteiger partial charge in [0, 0.05) is 17.6 Å². The molecule has 23 heavy (non-hydrogen) atoms. The molecule has 1 fully saturated rings. The second-order valence-electron chi connectivity index (χ2n) is 6.36. The summed E-state index contributed by atoms with van der Waals surface area (Å²) in [6.07, 6.45) is 4.47. The van der Waals surface area contributed by atoms with Gasteiger partial charge in [-0.25, -0.2) is 0 Å². The largest absolute Gasteiger partial charge is 0.488 e. The molecule has 4 rings (SSSR count). The lowest BCUT2D eigenvalue weighted by atomic mass is 9.97. The van der Waals surface area contributed by atoms with Gasteiger partial charge in [-0.3, -0.25) is 0 Å². The smallest absolute Gasteiger partial charge is 0.129 e. The number of aromatic amines is 1. The Kier molecular flexibility index (Phi) is 3.80. The Bertz CT molecular complexity index is 803. The predicted octanol–water partition coefficient (Wildman–Crippen LogP) is 3.96. The lowest BCUT2D eigenvalue weighted by Crippen LogP contribution is -2.44. The van der Waals surface area contributed by atoms with Gasteiger partial charge in [0.25, 0.3) is 0 Å². The minimum Gasteiger partial charge on any atom is -0.488 e. The number of aryl methyl sites for hydroxylation is 1. The molecular formula is C20H22N2O. The number of benzene rings is 2. The molecule has 0 saturated carbocycles. The molecule has 1 aliphatic heterocycles. The van der Waals surface area contributed by atoms with E-state index in [1.807, 2.05) is 18.2 Å². The van der Waals surface area contributed by atoms with E-state index in [0.29, 0.717) is 12.6 Å². The number of H-pyrrole nitrogens is 1. The van der Waals surface area contributed by atoms with E-state index in [9.17, 15) is 0 Å². The highest BCUT2D eigenvalue weighted by molar-refractivity contribution is 5.91. The molecular weight excluding hydrogens is 284 g/mol. The summed E-state index contributed by atoms with van der Waals surface area (Å²) in [7, 11) is 0. The van der Waals surface area contributed by atoms with Crippen molar-refractivity contribution in [3.63, 3.8) is 0 Å². The van der Waals surface area contributed by atoms with E-state index in [-0.39, 0.29) is 0 Å². The summed E-state index contributed by atoms with van der Waals surface area (Å²) in [5, 5.41) is 4.73. The number of fused-ring (bicyclic) bond motifs is 1. The quantitative estimate of drug-likeness (QED) is 0.748. The van der Waals surface area contributed by atoms with Gasteiger partial charge in [0.05, 0.1) is 5.52 Å². The summed E-state index contributed by atoms with van der Waals surface area (Å²) in [5.74, 6) is 0.977. The van der Waals surface area contributed by atoms with Crippen LogP contribution >= 0.6 is 0 Å². The van der Waals surface area contributed by atoms with Gasteiger partial charge >= 0.3 is 0 Å². The van der Waals surface area contributed by atoms with E-state index in [0.717, 1.165) is 18.7 Å². The van der Waals surface area contributed by atoms with Crippen molar-refractivity contribution in [2.24, 2.45) is 0 Å². The lowest BCUT2D eigenvalue weighted by Gasteiger charge is -2.27. The van der Waals surface area contributed by atoms with E-state index < -0.39 is 0 Å². The van der Waals surface area contributed by atoms with Crippen LogP contribution < -0.4 is 10.1 Å². The maximum atomic E-state index is 6.15. The predicted molar refractivity (Wildman–Crippen MR) is 93.9 cm³/mol. The van der Waals surface area contributed by atoms with Gasteiger partial charge in [-0.2, -0.15) is 0 Å². The molecule has 0 unspecified atom stereocenters. The molecule has 3 heteroatoms. The fourth-order valence-corrected chi connectivity index (χ4v) is 3.23. The molecule has 3 aromatic rings. The van der Waals surface area contributed by atoms with Crippen molar-refractivity contribution in [2.45, 2.75) is 32.4 Å². The Morgan fingerprint density at radius 2 is 1.96 bits per heavy atom. The van der Waals surface area contributed by atoms with Gasteiger partial charge in [-0.05, 0) is 49.1 Å². The summed E-state index contributed by atoms with van der Waals surface area (Å²) in [4.78, 5) is 3.44. The van der Waals surface area contributed by atoms with Gasteiger partial charge in [-0.15, -0.1) is 0 Å². The summed E-state index contributed by atoms with van der Waals surface area (Å²) < 4.78 is 6.15. The molecule has 1 atom stereocenters. The molecule has 0 bridgehead atoms. The normalized spacial score (nSPS) is 17.2. The van der Waals surface area contributed by atoms with Crippen molar-refractivity contribution in [1.29, 1.82) is 0 Å². The third-order valence-electron chi connectivity index (χ3n) is 4.72. The van der Waals surface area contributed by atoms with Crippen molar-refractivity contribution in [3.05, 3.63) is 65.4 Å². The SMILES string of the molecule is Cc1ccc(OCc2ccccc2)c2c(C[C@H]3CCN3)c[nH]c12. The molecule has 2 aromatic carbocycles. The van der Waals surface area contributed by atoms with Crippen molar-refractivity contribution in [3.8, 4) is 5.75 Å². The fourth-order valence-electron chi connectivity index (χ4n) is 3.23. The zero-order valence-corrected chi connectivity index (χ0v) is 13.4. The molecule has 0 amide bonds. The maximum Gasteiger partial charge on any atom is 0.129 e. The number of nitrogens with one attached hydrogen (secondary N) is 2. The molecule has 2 heterocycles. The minimum absolute atomic E-state index is 0.602. The van der Waals surface area contributed by atoms with Gasteiger partial charge in [-0.1, -0.05) is 36.4 Å². The molecule has 1 saturated heterocycles. The van der Waals surface area contributed by atoms with Gasteiger partial charge < -0.3 is 15.0 Å². The Balaban J connectivity index is 1.64. The lowest BCUT2D eigenvalue weighted by molar-refractivity contribution is 0.309. The Morgan fingerprint density at radius 1 is 1.13 bits per heavy atom. The average molecular weight is 306 g/mol. The molecule has 2 N–H and O–H groups in total. The minimum atomic E-state index is 0.602. The topological polar surface area (TPSA) is 37.0 Å². The maximum absolute atomic E-state index is 6.15. The van der Waals surface area contributed by atoms with Crippen LogP contribution in [0, 0.1) is 6.92 Å².